The first-order chi connectivity index (χ1) is 12.4. The van der Waals surface area contributed by atoms with Crippen molar-refractivity contribution in [2.75, 3.05) is 31.6 Å². The zero-order valence-electron chi connectivity index (χ0n) is 13.7. The summed E-state index contributed by atoms with van der Waals surface area (Å²) in [5.74, 6) is -0.572. The zero-order valence-corrected chi connectivity index (χ0v) is 15.3. The average Bonchev–Trinajstić information content (AvgIpc) is 2.62. The van der Waals surface area contributed by atoms with Gasteiger partial charge in [0, 0.05) is 24.8 Å². The summed E-state index contributed by atoms with van der Waals surface area (Å²) in [7, 11) is -3.74. The molecule has 1 aliphatic rings. The summed E-state index contributed by atoms with van der Waals surface area (Å²) in [6.45, 7) is 1.18. The van der Waals surface area contributed by atoms with Crippen molar-refractivity contribution in [3.05, 3.63) is 53.1 Å². The van der Waals surface area contributed by atoms with Crippen molar-refractivity contribution < 1.29 is 23.1 Å². The van der Waals surface area contributed by atoms with E-state index in [0.29, 0.717) is 18.9 Å². The third kappa shape index (κ3) is 3.99. The number of rotatable bonds is 4. The van der Waals surface area contributed by atoms with Crippen molar-refractivity contribution in [2.45, 2.75) is 4.90 Å². The minimum absolute atomic E-state index is 0.00228. The Bertz CT molecular complexity index is 927. The van der Waals surface area contributed by atoms with E-state index in [1.54, 1.807) is 12.1 Å². The Morgan fingerprint density at radius 3 is 2.58 bits per heavy atom. The van der Waals surface area contributed by atoms with Gasteiger partial charge in [-0.25, -0.2) is 8.42 Å². The number of nitrogens with one attached hydrogen (secondary N) is 1. The molecule has 0 aliphatic carbocycles. The second-order valence-corrected chi connectivity index (χ2v) is 8.01. The molecule has 0 saturated carbocycles. The smallest absolute Gasteiger partial charge is 0.257 e. The van der Waals surface area contributed by atoms with Gasteiger partial charge in [-0.1, -0.05) is 17.7 Å². The number of morpholine rings is 1. The zero-order chi connectivity index (χ0) is 18.7. The maximum Gasteiger partial charge on any atom is 0.257 e. The molecule has 7 nitrogen and oxygen atoms in total. The Balaban J connectivity index is 1.88. The van der Waals surface area contributed by atoms with Crippen LogP contribution in [-0.2, 0) is 14.8 Å². The fourth-order valence-corrected chi connectivity index (χ4v) is 4.20. The molecule has 26 heavy (non-hydrogen) atoms. The molecule has 1 amide bonds. The van der Waals surface area contributed by atoms with Gasteiger partial charge in [0.2, 0.25) is 10.0 Å². The van der Waals surface area contributed by atoms with E-state index < -0.39 is 15.9 Å². The number of halogens is 1. The summed E-state index contributed by atoms with van der Waals surface area (Å²) >= 11 is 6.09. The molecule has 2 aromatic carbocycles. The molecule has 1 saturated heterocycles. The lowest BCUT2D eigenvalue weighted by Gasteiger charge is -2.26. The molecule has 0 aromatic heterocycles. The van der Waals surface area contributed by atoms with Gasteiger partial charge in [-0.15, -0.1) is 0 Å². The van der Waals surface area contributed by atoms with E-state index in [-0.39, 0.29) is 34.3 Å². The van der Waals surface area contributed by atoms with Crippen LogP contribution < -0.4 is 5.32 Å². The number of nitrogens with zero attached hydrogens (tertiary/aromatic N) is 1. The molecular formula is C17H17ClN2O5S. The quantitative estimate of drug-likeness (QED) is 0.826. The van der Waals surface area contributed by atoms with Crippen LogP contribution in [0.1, 0.15) is 10.4 Å². The predicted molar refractivity (Wildman–Crippen MR) is 97.1 cm³/mol. The van der Waals surface area contributed by atoms with Crippen molar-refractivity contribution in [2.24, 2.45) is 0 Å². The van der Waals surface area contributed by atoms with Crippen molar-refractivity contribution in [1.29, 1.82) is 0 Å². The number of ether oxygens (including phenoxy) is 1. The third-order valence-corrected chi connectivity index (χ3v) is 6.12. The first kappa shape index (κ1) is 18.7. The van der Waals surface area contributed by atoms with Crippen LogP contribution in [0.25, 0.3) is 0 Å². The highest BCUT2D eigenvalue weighted by molar-refractivity contribution is 7.89. The molecule has 0 unspecified atom stereocenters. The third-order valence-electron chi connectivity index (χ3n) is 3.89. The van der Waals surface area contributed by atoms with Crippen LogP contribution in [0.15, 0.2) is 47.4 Å². The van der Waals surface area contributed by atoms with E-state index in [2.05, 4.69) is 5.32 Å². The number of amides is 1. The lowest BCUT2D eigenvalue weighted by Crippen LogP contribution is -2.40. The number of carbonyl (C=O) groups is 1. The van der Waals surface area contributed by atoms with Crippen LogP contribution in [0.3, 0.4) is 0 Å². The molecule has 9 heteroatoms. The monoisotopic (exact) mass is 396 g/mol. The number of carbonyl (C=O) groups excluding carboxylic acids is 1. The van der Waals surface area contributed by atoms with Gasteiger partial charge in [-0.2, -0.15) is 4.31 Å². The molecule has 1 heterocycles. The minimum atomic E-state index is -3.74. The van der Waals surface area contributed by atoms with Gasteiger partial charge >= 0.3 is 0 Å². The molecule has 0 spiro atoms. The normalized spacial score (nSPS) is 15.6. The van der Waals surface area contributed by atoms with E-state index in [9.17, 15) is 18.3 Å². The number of phenolic OH excluding ortho intramolecular Hbond substituents is 1. The summed E-state index contributed by atoms with van der Waals surface area (Å²) < 4.78 is 32.0. The Kier molecular flexibility index (Phi) is 5.47. The summed E-state index contributed by atoms with van der Waals surface area (Å²) in [6.07, 6.45) is 0. The van der Waals surface area contributed by atoms with Crippen LogP contribution >= 0.6 is 11.6 Å². The molecule has 0 bridgehead atoms. The maximum atomic E-state index is 12.7. The highest BCUT2D eigenvalue weighted by Gasteiger charge is 2.27. The number of sulfonamides is 1. The molecule has 138 valence electrons. The first-order valence-electron chi connectivity index (χ1n) is 7.86. The van der Waals surface area contributed by atoms with Crippen molar-refractivity contribution >= 4 is 33.2 Å². The van der Waals surface area contributed by atoms with Crippen LogP contribution in [0.5, 0.6) is 5.75 Å². The highest BCUT2D eigenvalue weighted by Crippen LogP contribution is 2.25. The molecule has 2 N–H and O–H groups in total. The van der Waals surface area contributed by atoms with Gasteiger partial charge in [0.05, 0.1) is 28.7 Å². The SMILES string of the molecule is O=C(Nc1cccc(O)c1)c1cc(S(=O)(=O)N2CCOCC2)ccc1Cl. The topological polar surface area (TPSA) is 95.9 Å². The number of benzene rings is 2. The van der Waals surface area contributed by atoms with Crippen LogP contribution in [0, 0.1) is 0 Å². The predicted octanol–water partition coefficient (Wildman–Crippen LogP) is 2.32. The average molecular weight is 397 g/mol. The molecule has 3 rings (SSSR count). The first-order valence-corrected chi connectivity index (χ1v) is 9.67. The number of aromatic hydroxyl groups is 1. The van der Waals surface area contributed by atoms with Gasteiger partial charge in [0.25, 0.3) is 5.91 Å². The Morgan fingerprint density at radius 1 is 1.15 bits per heavy atom. The second kappa shape index (κ2) is 7.63. The summed E-state index contributed by atoms with van der Waals surface area (Å²) in [4.78, 5) is 12.5. The fourth-order valence-electron chi connectivity index (χ4n) is 2.56. The molecular weight excluding hydrogens is 380 g/mol. The van der Waals surface area contributed by atoms with Crippen LogP contribution in [-0.4, -0.2) is 50.0 Å². The largest absolute Gasteiger partial charge is 0.508 e. The van der Waals surface area contributed by atoms with E-state index >= 15 is 0 Å². The number of hydrogen-bond acceptors (Lipinski definition) is 5. The fraction of sp³-hybridized carbons (Fsp3) is 0.235. The van der Waals surface area contributed by atoms with Crippen LogP contribution in [0.2, 0.25) is 5.02 Å². The Hall–Kier alpha value is -2.13. The lowest BCUT2D eigenvalue weighted by molar-refractivity contribution is 0.0730. The van der Waals surface area contributed by atoms with E-state index in [4.69, 9.17) is 16.3 Å². The molecule has 0 radical (unpaired) electrons. The Labute approximate surface area is 156 Å². The van der Waals surface area contributed by atoms with Crippen molar-refractivity contribution in [1.82, 2.24) is 4.31 Å². The van der Waals surface area contributed by atoms with Gasteiger partial charge < -0.3 is 15.2 Å². The Morgan fingerprint density at radius 2 is 1.88 bits per heavy atom. The van der Waals surface area contributed by atoms with Gasteiger partial charge in [0.1, 0.15) is 5.75 Å². The van der Waals surface area contributed by atoms with Crippen molar-refractivity contribution in [3.63, 3.8) is 0 Å². The molecule has 2 aromatic rings. The molecule has 1 fully saturated rings. The van der Waals surface area contributed by atoms with E-state index in [1.165, 1.54) is 34.6 Å². The van der Waals surface area contributed by atoms with Crippen LogP contribution in [0.4, 0.5) is 5.69 Å². The van der Waals surface area contributed by atoms with Gasteiger partial charge in [-0.3, -0.25) is 4.79 Å². The van der Waals surface area contributed by atoms with Crippen molar-refractivity contribution in [3.8, 4) is 5.75 Å². The van der Waals surface area contributed by atoms with Gasteiger partial charge in [0.15, 0.2) is 0 Å². The second-order valence-electron chi connectivity index (χ2n) is 5.66. The minimum Gasteiger partial charge on any atom is -0.508 e. The number of phenols is 1. The molecule has 1 aliphatic heterocycles. The maximum absolute atomic E-state index is 12.7. The van der Waals surface area contributed by atoms with E-state index in [0.717, 1.165) is 0 Å². The molecule has 0 atom stereocenters. The number of hydrogen-bond donors (Lipinski definition) is 2. The van der Waals surface area contributed by atoms with E-state index in [1.807, 2.05) is 0 Å². The summed E-state index contributed by atoms with van der Waals surface area (Å²) in [5.41, 5.74) is 0.400. The van der Waals surface area contributed by atoms with Gasteiger partial charge in [-0.05, 0) is 30.3 Å². The lowest BCUT2D eigenvalue weighted by atomic mass is 10.2. The highest BCUT2D eigenvalue weighted by atomic mass is 35.5. The standard InChI is InChI=1S/C17H17ClN2O5S/c18-16-5-4-14(26(23,24)20-6-8-25-9-7-20)11-15(16)17(22)19-12-2-1-3-13(21)10-12/h1-5,10-11,21H,6-9H2,(H,19,22). The summed E-state index contributed by atoms with van der Waals surface area (Å²) in [5, 5.41) is 12.2. The summed E-state index contributed by atoms with van der Waals surface area (Å²) in [6, 6.07) is 10.0. The number of anilines is 1.